The molecule has 0 aliphatic heterocycles. The third kappa shape index (κ3) is 5.60. The van der Waals surface area contributed by atoms with Crippen LogP contribution in [0.3, 0.4) is 0 Å². The minimum absolute atomic E-state index is 0.217. The zero-order chi connectivity index (χ0) is 26.0. The molecule has 1 unspecified atom stereocenters. The van der Waals surface area contributed by atoms with Crippen LogP contribution in [-0.2, 0) is 5.41 Å². The van der Waals surface area contributed by atoms with E-state index in [1.54, 1.807) is 23.7 Å². The second-order valence-corrected chi connectivity index (χ2v) is 10.4. The van der Waals surface area contributed by atoms with Crippen LogP contribution in [0.1, 0.15) is 48.8 Å². The van der Waals surface area contributed by atoms with Crippen LogP contribution < -0.4 is 16.0 Å². The van der Waals surface area contributed by atoms with E-state index in [9.17, 15) is 9.90 Å². The molecule has 5 aromatic rings. The number of anilines is 4. The zero-order valence-corrected chi connectivity index (χ0v) is 21.3. The van der Waals surface area contributed by atoms with Gasteiger partial charge >= 0.3 is 0 Å². The number of hydrogen-bond acceptors (Lipinski definition) is 9. The van der Waals surface area contributed by atoms with Crippen molar-refractivity contribution in [3.05, 3.63) is 89.3 Å². The number of carbonyl (C=O) groups excluding carboxylic acids is 1. The number of carbonyl (C=O) groups is 1. The highest BCUT2D eigenvalue weighted by molar-refractivity contribution is 7.14. The van der Waals surface area contributed by atoms with Gasteiger partial charge in [0, 0.05) is 39.7 Å². The van der Waals surface area contributed by atoms with E-state index < -0.39 is 12.1 Å². The Bertz CT molecular complexity index is 1560. The van der Waals surface area contributed by atoms with Crippen LogP contribution in [0.4, 0.5) is 22.5 Å². The number of nitrogens with zero attached hydrogens (tertiary/aromatic N) is 3. The molecule has 0 aliphatic carbocycles. The lowest BCUT2D eigenvalue weighted by molar-refractivity contribution is 0.102. The summed E-state index contributed by atoms with van der Waals surface area (Å²) in [5.41, 5.74) is 1.28. The number of para-hydroxylation sites is 1. The Balaban J connectivity index is 1.28. The van der Waals surface area contributed by atoms with Gasteiger partial charge in [-0.2, -0.15) is 0 Å². The Morgan fingerprint density at radius 2 is 1.78 bits per heavy atom. The van der Waals surface area contributed by atoms with Gasteiger partial charge in [0.05, 0.1) is 0 Å². The predicted octanol–water partition coefficient (Wildman–Crippen LogP) is 6.08. The summed E-state index contributed by atoms with van der Waals surface area (Å²) in [5.74, 6) is 1.16. The molecule has 0 bridgehead atoms. The van der Waals surface area contributed by atoms with E-state index in [0.29, 0.717) is 33.8 Å². The zero-order valence-electron chi connectivity index (χ0n) is 20.5. The maximum Gasteiger partial charge on any atom is 0.276 e. The van der Waals surface area contributed by atoms with Crippen LogP contribution >= 0.6 is 11.3 Å². The molecule has 0 radical (unpaired) electrons. The summed E-state index contributed by atoms with van der Waals surface area (Å²) in [4.78, 5) is 21.5. The summed E-state index contributed by atoms with van der Waals surface area (Å²) in [6, 6.07) is 18.8. The molecular weight excluding hydrogens is 488 g/mol. The second kappa shape index (κ2) is 10.00. The molecule has 0 saturated carbocycles. The molecule has 0 spiro atoms. The number of hydrogen-bond donors (Lipinski definition) is 4. The van der Waals surface area contributed by atoms with Gasteiger partial charge in [-0.3, -0.25) is 4.79 Å². The molecule has 9 nitrogen and oxygen atoms in total. The molecule has 188 valence electrons. The van der Waals surface area contributed by atoms with Gasteiger partial charge in [-0.05, 0) is 17.5 Å². The minimum Gasteiger partial charge on any atom is -0.369 e. The molecular formula is C27H26N6O3S. The average Bonchev–Trinajstić information content (AvgIpc) is 3.54. The molecule has 4 N–H and O–H groups in total. The Labute approximate surface area is 217 Å². The molecule has 0 saturated heterocycles. The van der Waals surface area contributed by atoms with E-state index >= 15 is 0 Å². The van der Waals surface area contributed by atoms with Gasteiger partial charge in [0.2, 0.25) is 0 Å². The first-order valence-electron chi connectivity index (χ1n) is 11.7. The summed E-state index contributed by atoms with van der Waals surface area (Å²) in [5, 5.41) is 28.0. The second-order valence-electron chi connectivity index (χ2n) is 9.49. The van der Waals surface area contributed by atoms with E-state index in [1.807, 2.05) is 69.3 Å². The van der Waals surface area contributed by atoms with E-state index in [0.717, 1.165) is 10.8 Å². The first kappa shape index (κ1) is 24.4. The Kier molecular flexibility index (Phi) is 6.60. The van der Waals surface area contributed by atoms with Crippen molar-refractivity contribution in [1.29, 1.82) is 0 Å². The van der Waals surface area contributed by atoms with E-state index in [1.165, 1.54) is 11.3 Å². The Morgan fingerprint density at radius 1 is 1.03 bits per heavy atom. The van der Waals surface area contributed by atoms with Crippen molar-refractivity contribution in [2.24, 2.45) is 0 Å². The SMILES string of the molecule is CC(C)(C)c1cc(NC(=O)c2csc(Nc3ccccc3C(O)Nc3cc4ccccc4cn3)n2)no1. The molecule has 0 aliphatic rings. The third-order valence-electron chi connectivity index (χ3n) is 5.64. The van der Waals surface area contributed by atoms with E-state index in [-0.39, 0.29) is 11.1 Å². The van der Waals surface area contributed by atoms with Gasteiger partial charge in [0.1, 0.15) is 17.3 Å². The third-order valence-corrected chi connectivity index (χ3v) is 6.40. The van der Waals surface area contributed by atoms with Crippen molar-refractivity contribution in [2.45, 2.75) is 32.4 Å². The van der Waals surface area contributed by atoms with Crippen LogP contribution in [0.2, 0.25) is 0 Å². The first-order valence-corrected chi connectivity index (χ1v) is 12.5. The number of benzene rings is 2. The summed E-state index contributed by atoms with van der Waals surface area (Å²) in [6.07, 6.45) is 0.740. The molecule has 3 heterocycles. The number of nitrogens with one attached hydrogen (secondary N) is 3. The fourth-order valence-corrected chi connectivity index (χ4v) is 4.35. The van der Waals surface area contributed by atoms with Crippen molar-refractivity contribution < 1.29 is 14.4 Å². The molecule has 37 heavy (non-hydrogen) atoms. The van der Waals surface area contributed by atoms with Crippen molar-refractivity contribution in [2.75, 3.05) is 16.0 Å². The highest BCUT2D eigenvalue weighted by Gasteiger charge is 2.21. The van der Waals surface area contributed by atoms with Crippen LogP contribution in [0.5, 0.6) is 0 Å². The Hall–Kier alpha value is -4.28. The summed E-state index contributed by atoms with van der Waals surface area (Å²) < 4.78 is 5.32. The van der Waals surface area contributed by atoms with E-state index in [2.05, 4.69) is 31.1 Å². The molecule has 10 heteroatoms. The van der Waals surface area contributed by atoms with Crippen LogP contribution in [0.15, 0.2) is 76.8 Å². The Morgan fingerprint density at radius 3 is 2.57 bits per heavy atom. The maximum atomic E-state index is 12.7. The molecule has 2 aromatic carbocycles. The standard InChI is InChI=1S/C27H26N6O3S/c1-27(2,3)21-13-23(33-36-21)32-25(35)20-15-37-26(30-20)29-19-11-7-6-10-18(19)24(34)31-22-12-16-8-4-5-9-17(16)14-28-22/h4-15,24,34H,1-3H3,(H,28,31)(H,29,30)(H,32,33,35). The summed E-state index contributed by atoms with van der Waals surface area (Å²) >= 11 is 1.28. The minimum atomic E-state index is -1.02. The number of aromatic nitrogens is 3. The largest absolute Gasteiger partial charge is 0.369 e. The van der Waals surface area contributed by atoms with Gasteiger partial charge in [-0.15, -0.1) is 11.3 Å². The molecule has 1 atom stereocenters. The molecule has 3 aromatic heterocycles. The van der Waals surface area contributed by atoms with Crippen molar-refractivity contribution in [3.63, 3.8) is 0 Å². The highest BCUT2D eigenvalue weighted by atomic mass is 32.1. The van der Waals surface area contributed by atoms with Crippen molar-refractivity contribution in [1.82, 2.24) is 15.1 Å². The van der Waals surface area contributed by atoms with Gasteiger partial charge < -0.3 is 25.6 Å². The van der Waals surface area contributed by atoms with Crippen LogP contribution in [-0.4, -0.2) is 26.1 Å². The van der Waals surface area contributed by atoms with Gasteiger partial charge in [0.25, 0.3) is 5.91 Å². The van der Waals surface area contributed by atoms with Crippen molar-refractivity contribution in [3.8, 4) is 0 Å². The lowest BCUT2D eigenvalue weighted by atomic mass is 9.93. The van der Waals surface area contributed by atoms with Crippen LogP contribution in [0.25, 0.3) is 10.8 Å². The summed E-state index contributed by atoms with van der Waals surface area (Å²) in [6.45, 7) is 6.00. The number of aliphatic hydroxyl groups is 1. The number of pyridine rings is 1. The monoisotopic (exact) mass is 514 g/mol. The van der Waals surface area contributed by atoms with Gasteiger partial charge in [-0.25, -0.2) is 9.97 Å². The number of aliphatic hydroxyl groups excluding tert-OH is 1. The number of amides is 1. The quantitative estimate of drug-likeness (QED) is 0.193. The van der Waals surface area contributed by atoms with E-state index in [4.69, 9.17) is 4.52 Å². The normalized spacial score (nSPS) is 12.3. The van der Waals surface area contributed by atoms with Gasteiger partial charge in [0.15, 0.2) is 17.2 Å². The summed E-state index contributed by atoms with van der Waals surface area (Å²) in [7, 11) is 0. The smallest absolute Gasteiger partial charge is 0.276 e. The first-order chi connectivity index (χ1) is 17.8. The highest BCUT2D eigenvalue weighted by Crippen LogP contribution is 2.29. The predicted molar refractivity (Wildman–Crippen MR) is 145 cm³/mol. The molecule has 5 rings (SSSR count). The number of thiazole rings is 1. The maximum absolute atomic E-state index is 12.7. The van der Waals surface area contributed by atoms with Gasteiger partial charge in [-0.1, -0.05) is 68.4 Å². The average molecular weight is 515 g/mol. The fraction of sp³-hybridized carbons (Fsp3) is 0.185. The number of fused-ring (bicyclic) bond motifs is 1. The molecule has 0 fully saturated rings. The van der Waals surface area contributed by atoms with Crippen molar-refractivity contribution >= 4 is 50.5 Å². The topological polar surface area (TPSA) is 125 Å². The number of rotatable bonds is 7. The lowest BCUT2D eigenvalue weighted by Crippen LogP contribution is -2.13. The fourth-order valence-electron chi connectivity index (χ4n) is 3.65. The lowest BCUT2D eigenvalue weighted by Gasteiger charge is -2.18. The van der Waals surface area contributed by atoms with Crippen LogP contribution in [0, 0.1) is 0 Å². The molecule has 1 amide bonds.